The van der Waals surface area contributed by atoms with Crippen molar-refractivity contribution in [1.82, 2.24) is 0 Å². The van der Waals surface area contributed by atoms with Gasteiger partial charge in [-0.05, 0) is 17.7 Å². The van der Waals surface area contributed by atoms with E-state index in [1.54, 1.807) is 11.8 Å². The summed E-state index contributed by atoms with van der Waals surface area (Å²) in [5.74, 6) is 0.924. The predicted molar refractivity (Wildman–Crippen MR) is 69.3 cm³/mol. The van der Waals surface area contributed by atoms with Crippen molar-refractivity contribution in [2.24, 2.45) is 10.7 Å². The first kappa shape index (κ1) is 12.0. The molecule has 0 aliphatic heterocycles. The number of allylic oxidation sites excluding steroid dienone is 1. The predicted octanol–water partition coefficient (Wildman–Crippen LogP) is 2.46. The van der Waals surface area contributed by atoms with E-state index >= 15 is 0 Å². The zero-order valence-electron chi connectivity index (χ0n) is 8.73. The fourth-order valence-corrected chi connectivity index (χ4v) is 1.77. The van der Waals surface area contributed by atoms with Crippen LogP contribution >= 0.6 is 11.8 Å². The second kappa shape index (κ2) is 7.26. The van der Waals surface area contributed by atoms with Crippen molar-refractivity contribution in [3.8, 4) is 0 Å². The molecule has 0 saturated heterocycles. The minimum atomic E-state index is 0.691. The highest BCUT2D eigenvalue weighted by atomic mass is 32.2. The lowest BCUT2D eigenvalue weighted by atomic mass is 10.1. The Bertz CT molecular complexity index is 320. The maximum absolute atomic E-state index is 5.41. The van der Waals surface area contributed by atoms with E-state index in [2.05, 4.69) is 23.8 Å². The molecule has 1 aromatic carbocycles. The van der Waals surface area contributed by atoms with E-state index in [-0.39, 0.29) is 0 Å². The smallest absolute Gasteiger partial charge is 0.0502 e. The zero-order valence-corrected chi connectivity index (χ0v) is 9.54. The van der Waals surface area contributed by atoms with E-state index < -0.39 is 0 Å². The van der Waals surface area contributed by atoms with Gasteiger partial charge in [0.15, 0.2) is 0 Å². The topological polar surface area (TPSA) is 38.4 Å². The number of aliphatic imine (C=N–C) groups is 1. The quantitative estimate of drug-likeness (QED) is 0.591. The van der Waals surface area contributed by atoms with Crippen LogP contribution in [0.25, 0.3) is 0 Å². The third kappa shape index (κ3) is 4.81. The molecule has 0 unspecified atom stereocenters. The Morgan fingerprint density at radius 1 is 1.40 bits per heavy atom. The largest absolute Gasteiger partial charge is 0.330 e. The summed E-state index contributed by atoms with van der Waals surface area (Å²) in [6, 6.07) is 10.3. The molecular formula is C12H16N2S. The molecule has 1 aromatic rings. The second-order valence-corrected chi connectivity index (χ2v) is 4.07. The SMILES string of the molecule is C=N/C(=C\SCCN)Cc1ccccc1. The summed E-state index contributed by atoms with van der Waals surface area (Å²) in [5, 5.41) is 2.03. The summed E-state index contributed by atoms with van der Waals surface area (Å²) in [6.07, 6.45) is 0.835. The van der Waals surface area contributed by atoms with Crippen LogP contribution in [0, 0.1) is 0 Å². The minimum Gasteiger partial charge on any atom is -0.330 e. The van der Waals surface area contributed by atoms with Crippen molar-refractivity contribution < 1.29 is 0 Å². The molecule has 0 radical (unpaired) electrons. The first-order valence-corrected chi connectivity index (χ1v) is 5.93. The molecule has 0 saturated carbocycles. The van der Waals surface area contributed by atoms with Crippen molar-refractivity contribution in [2.45, 2.75) is 6.42 Å². The number of hydrogen-bond donors (Lipinski definition) is 1. The van der Waals surface area contributed by atoms with Crippen molar-refractivity contribution in [3.05, 3.63) is 47.0 Å². The van der Waals surface area contributed by atoms with E-state index in [9.17, 15) is 0 Å². The molecule has 1 rings (SSSR count). The van der Waals surface area contributed by atoms with Gasteiger partial charge in [0, 0.05) is 18.7 Å². The highest BCUT2D eigenvalue weighted by Crippen LogP contribution is 2.13. The van der Waals surface area contributed by atoms with Crippen LogP contribution in [0.4, 0.5) is 0 Å². The van der Waals surface area contributed by atoms with Crippen LogP contribution in [-0.2, 0) is 6.42 Å². The summed E-state index contributed by atoms with van der Waals surface area (Å²) in [7, 11) is 0. The summed E-state index contributed by atoms with van der Waals surface area (Å²) in [4.78, 5) is 4.00. The Morgan fingerprint density at radius 3 is 2.73 bits per heavy atom. The third-order valence-electron chi connectivity index (χ3n) is 1.89. The molecule has 0 heterocycles. The molecule has 0 aromatic heterocycles. The van der Waals surface area contributed by atoms with E-state index in [0.29, 0.717) is 6.54 Å². The molecule has 0 atom stereocenters. The number of rotatable bonds is 6. The van der Waals surface area contributed by atoms with E-state index in [4.69, 9.17) is 5.73 Å². The molecule has 0 spiro atoms. The van der Waals surface area contributed by atoms with Gasteiger partial charge < -0.3 is 5.73 Å². The van der Waals surface area contributed by atoms with Gasteiger partial charge >= 0.3 is 0 Å². The Kier molecular flexibility index (Phi) is 5.81. The van der Waals surface area contributed by atoms with E-state index in [0.717, 1.165) is 17.9 Å². The third-order valence-corrected chi connectivity index (χ3v) is 2.80. The Balaban J connectivity index is 2.54. The summed E-state index contributed by atoms with van der Waals surface area (Å²) < 4.78 is 0. The first-order chi connectivity index (χ1) is 7.36. The molecule has 0 fully saturated rings. The lowest BCUT2D eigenvalue weighted by Crippen LogP contribution is -2.00. The van der Waals surface area contributed by atoms with Gasteiger partial charge in [0.25, 0.3) is 0 Å². The number of nitrogens with two attached hydrogens (primary N) is 1. The zero-order chi connectivity index (χ0) is 10.9. The lowest BCUT2D eigenvalue weighted by molar-refractivity contribution is 1.12. The van der Waals surface area contributed by atoms with E-state index in [1.807, 2.05) is 23.6 Å². The molecule has 0 aliphatic rings. The van der Waals surface area contributed by atoms with Crippen LogP contribution in [0.5, 0.6) is 0 Å². The van der Waals surface area contributed by atoms with Crippen LogP contribution in [0.15, 0.2) is 46.4 Å². The van der Waals surface area contributed by atoms with Gasteiger partial charge in [-0.3, -0.25) is 4.99 Å². The van der Waals surface area contributed by atoms with Crippen molar-refractivity contribution in [1.29, 1.82) is 0 Å². The molecule has 0 amide bonds. The Morgan fingerprint density at radius 2 is 2.13 bits per heavy atom. The summed E-state index contributed by atoms with van der Waals surface area (Å²) in [5.41, 5.74) is 7.67. The molecule has 80 valence electrons. The Labute approximate surface area is 95.3 Å². The average molecular weight is 220 g/mol. The number of thioether (sulfide) groups is 1. The molecule has 0 bridgehead atoms. The number of benzene rings is 1. The molecular weight excluding hydrogens is 204 g/mol. The van der Waals surface area contributed by atoms with Gasteiger partial charge in [-0.25, -0.2) is 0 Å². The fraction of sp³-hybridized carbons (Fsp3) is 0.250. The van der Waals surface area contributed by atoms with Gasteiger partial charge in [-0.15, -0.1) is 11.8 Å². The van der Waals surface area contributed by atoms with Crippen LogP contribution < -0.4 is 5.73 Å². The standard InChI is InChI=1S/C12H16N2S/c1-14-12(10-15-8-7-13)9-11-5-3-2-4-6-11/h2-6,10H,1,7-9,13H2/b12-10-. The normalized spacial score (nSPS) is 11.4. The highest BCUT2D eigenvalue weighted by Gasteiger charge is 1.96. The lowest BCUT2D eigenvalue weighted by Gasteiger charge is -2.01. The number of nitrogens with zero attached hydrogens (tertiary/aromatic N) is 1. The average Bonchev–Trinajstić information content (AvgIpc) is 2.29. The van der Waals surface area contributed by atoms with E-state index in [1.165, 1.54) is 5.56 Å². The van der Waals surface area contributed by atoms with Crippen molar-refractivity contribution in [3.63, 3.8) is 0 Å². The second-order valence-electron chi connectivity index (χ2n) is 3.09. The van der Waals surface area contributed by atoms with Crippen LogP contribution in [0.2, 0.25) is 0 Å². The molecule has 3 heteroatoms. The van der Waals surface area contributed by atoms with Crippen LogP contribution in [0.3, 0.4) is 0 Å². The fourth-order valence-electron chi connectivity index (χ4n) is 1.16. The van der Waals surface area contributed by atoms with Gasteiger partial charge in [-0.1, -0.05) is 30.3 Å². The minimum absolute atomic E-state index is 0.691. The van der Waals surface area contributed by atoms with Gasteiger partial charge in [0.1, 0.15) is 0 Å². The van der Waals surface area contributed by atoms with Gasteiger partial charge in [-0.2, -0.15) is 0 Å². The maximum atomic E-state index is 5.41. The van der Waals surface area contributed by atoms with Crippen molar-refractivity contribution in [2.75, 3.05) is 12.3 Å². The summed E-state index contributed by atoms with van der Waals surface area (Å²) >= 11 is 1.68. The summed E-state index contributed by atoms with van der Waals surface area (Å²) in [6.45, 7) is 4.26. The molecule has 15 heavy (non-hydrogen) atoms. The Hall–Kier alpha value is -1.06. The van der Waals surface area contributed by atoms with Gasteiger partial charge in [0.05, 0.1) is 5.70 Å². The molecule has 2 N–H and O–H groups in total. The van der Waals surface area contributed by atoms with Crippen LogP contribution in [0.1, 0.15) is 5.56 Å². The van der Waals surface area contributed by atoms with Crippen molar-refractivity contribution >= 4 is 18.5 Å². The maximum Gasteiger partial charge on any atom is 0.0502 e. The monoisotopic (exact) mass is 220 g/mol. The molecule has 0 aliphatic carbocycles. The van der Waals surface area contributed by atoms with Gasteiger partial charge in [0.2, 0.25) is 0 Å². The highest BCUT2D eigenvalue weighted by molar-refractivity contribution is 8.02. The molecule has 2 nitrogen and oxygen atoms in total. The number of hydrogen-bond acceptors (Lipinski definition) is 3. The first-order valence-electron chi connectivity index (χ1n) is 4.88. The van der Waals surface area contributed by atoms with Crippen LogP contribution in [-0.4, -0.2) is 19.0 Å².